The molecule has 2 unspecified atom stereocenters. The van der Waals surface area contributed by atoms with Gasteiger partial charge < -0.3 is 15.8 Å². The Hall–Kier alpha value is -0.120. The van der Waals surface area contributed by atoms with Gasteiger partial charge in [-0.05, 0) is 46.2 Å². The Labute approximate surface area is 93.8 Å². The van der Waals surface area contributed by atoms with Gasteiger partial charge in [0.2, 0.25) is 0 Å². The molecule has 0 aromatic heterocycles. The summed E-state index contributed by atoms with van der Waals surface area (Å²) in [6, 6.07) is 0. The molecule has 90 valence electrons. The fourth-order valence-corrected chi connectivity index (χ4v) is 2.06. The molecule has 1 fully saturated rings. The highest BCUT2D eigenvalue weighted by molar-refractivity contribution is 4.93. The standard InChI is InChI=1S/C12H26N2O/c1-11-12(2,7-10-15-11)14-9-6-4-3-5-8-13/h11,14H,3-10,13H2,1-2H3. The van der Waals surface area contributed by atoms with Crippen molar-refractivity contribution in [2.24, 2.45) is 5.73 Å². The van der Waals surface area contributed by atoms with E-state index >= 15 is 0 Å². The quantitative estimate of drug-likeness (QED) is 0.634. The molecule has 3 nitrogen and oxygen atoms in total. The average molecular weight is 214 g/mol. The lowest BCUT2D eigenvalue weighted by Gasteiger charge is -2.29. The molecule has 0 aliphatic carbocycles. The number of rotatable bonds is 7. The average Bonchev–Trinajstić information content (AvgIpc) is 2.54. The van der Waals surface area contributed by atoms with E-state index in [1.165, 1.54) is 19.3 Å². The van der Waals surface area contributed by atoms with Crippen LogP contribution in [0.4, 0.5) is 0 Å². The van der Waals surface area contributed by atoms with Crippen molar-refractivity contribution in [2.75, 3.05) is 19.7 Å². The smallest absolute Gasteiger partial charge is 0.0726 e. The zero-order valence-electron chi connectivity index (χ0n) is 10.2. The second kappa shape index (κ2) is 6.46. The molecule has 1 aliphatic rings. The van der Waals surface area contributed by atoms with Gasteiger partial charge in [0.1, 0.15) is 0 Å². The molecule has 1 heterocycles. The Morgan fingerprint density at radius 2 is 2.07 bits per heavy atom. The van der Waals surface area contributed by atoms with Crippen LogP contribution < -0.4 is 11.1 Å². The van der Waals surface area contributed by atoms with E-state index in [-0.39, 0.29) is 5.54 Å². The van der Waals surface area contributed by atoms with Gasteiger partial charge in [-0.3, -0.25) is 0 Å². The highest BCUT2D eigenvalue weighted by Crippen LogP contribution is 2.24. The SMILES string of the molecule is CC1OCCC1(C)NCCCCCCN. The maximum absolute atomic E-state index is 5.58. The number of nitrogens with two attached hydrogens (primary N) is 1. The van der Waals surface area contributed by atoms with E-state index in [1.54, 1.807) is 0 Å². The normalized spacial score (nSPS) is 31.0. The minimum atomic E-state index is 0.202. The first-order valence-electron chi connectivity index (χ1n) is 6.26. The molecule has 1 rings (SSSR count). The third-order valence-electron chi connectivity index (χ3n) is 3.55. The molecule has 1 saturated heterocycles. The van der Waals surface area contributed by atoms with E-state index in [9.17, 15) is 0 Å². The fourth-order valence-electron chi connectivity index (χ4n) is 2.06. The van der Waals surface area contributed by atoms with Gasteiger partial charge in [-0.2, -0.15) is 0 Å². The molecule has 0 aromatic rings. The summed E-state index contributed by atoms with van der Waals surface area (Å²) in [4.78, 5) is 0. The van der Waals surface area contributed by atoms with Crippen LogP contribution in [-0.2, 0) is 4.74 Å². The topological polar surface area (TPSA) is 47.3 Å². The minimum Gasteiger partial charge on any atom is -0.377 e. The van der Waals surface area contributed by atoms with Crippen LogP contribution in [0.5, 0.6) is 0 Å². The summed E-state index contributed by atoms with van der Waals surface area (Å²) >= 11 is 0. The number of hydrogen-bond donors (Lipinski definition) is 2. The molecule has 3 N–H and O–H groups in total. The lowest BCUT2D eigenvalue weighted by Crippen LogP contribution is -2.48. The van der Waals surface area contributed by atoms with Crippen molar-refractivity contribution >= 4 is 0 Å². The van der Waals surface area contributed by atoms with E-state index in [2.05, 4.69) is 19.2 Å². The lowest BCUT2D eigenvalue weighted by molar-refractivity contribution is 0.0886. The first-order chi connectivity index (χ1) is 7.19. The first kappa shape index (κ1) is 12.9. The third-order valence-corrected chi connectivity index (χ3v) is 3.55. The number of nitrogens with one attached hydrogen (secondary N) is 1. The molecular formula is C12H26N2O. The van der Waals surface area contributed by atoms with Crippen LogP contribution >= 0.6 is 0 Å². The van der Waals surface area contributed by atoms with Crippen LogP contribution in [0.3, 0.4) is 0 Å². The Morgan fingerprint density at radius 3 is 2.67 bits per heavy atom. The van der Waals surface area contributed by atoms with E-state index in [0.29, 0.717) is 6.10 Å². The number of unbranched alkanes of at least 4 members (excludes halogenated alkanes) is 3. The van der Waals surface area contributed by atoms with Gasteiger partial charge in [0.25, 0.3) is 0 Å². The van der Waals surface area contributed by atoms with Crippen molar-refractivity contribution in [3.8, 4) is 0 Å². The van der Waals surface area contributed by atoms with E-state index < -0.39 is 0 Å². The summed E-state index contributed by atoms with van der Waals surface area (Å²) in [6.07, 6.45) is 6.45. The van der Waals surface area contributed by atoms with Gasteiger partial charge in [-0.25, -0.2) is 0 Å². The summed E-state index contributed by atoms with van der Waals surface area (Å²) in [5.74, 6) is 0. The Kier molecular flexibility index (Phi) is 5.58. The summed E-state index contributed by atoms with van der Waals surface area (Å²) < 4.78 is 5.58. The van der Waals surface area contributed by atoms with Gasteiger partial charge in [0.05, 0.1) is 6.10 Å². The number of ether oxygens (including phenoxy) is 1. The van der Waals surface area contributed by atoms with Crippen LogP contribution in [0.15, 0.2) is 0 Å². The Balaban J connectivity index is 2.04. The van der Waals surface area contributed by atoms with Crippen molar-refractivity contribution in [3.05, 3.63) is 0 Å². The lowest BCUT2D eigenvalue weighted by atomic mass is 9.94. The largest absolute Gasteiger partial charge is 0.377 e. The maximum Gasteiger partial charge on any atom is 0.0726 e. The van der Waals surface area contributed by atoms with E-state index in [4.69, 9.17) is 10.5 Å². The monoisotopic (exact) mass is 214 g/mol. The van der Waals surface area contributed by atoms with E-state index in [0.717, 1.165) is 32.5 Å². The van der Waals surface area contributed by atoms with Crippen LogP contribution in [-0.4, -0.2) is 31.3 Å². The predicted molar refractivity (Wildman–Crippen MR) is 64.0 cm³/mol. The Bertz CT molecular complexity index is 175. The van der Waals surface area contributed by atoms with Crippen LogP contribution in [0.25, 0.3) is 0 Å². The molecule has 0 aromatic carbocycles. The molecule has 0 spiro atoms. The summed E-state index contributed by atoms with van der Waals surface area (Å²) in [7, 11) is 0. The molecule has 0 saturated carbocycles. The van der Waals surface area contributed by atoms with Crippen LogP contribution in [0.2, 0.25) is 0 Å². The maximum atomic E-state index is 5.58. The molecule has 3 heteroatoms. The molecule has 0 bridgehead atoms. The van der Waals surface area contributed by atoms with Gasteiger partial charge >= 0.3 is 0 Å². The molecular weight excluding hydrogens is 188 g/mol. The second-order valence-corrected chi connectivity index (χ2v) is 4.81. The summed E-state index contributed by atoms with van der Waals surface area (Å²) in [5, 5.41) is 3.63. The molecule has 1 aliphatic heterocycles. The van der Waals surface area contributed by atoms with E-state index in [1.807, 2.05) is 0 Å². The van der Waals surface area contributed by atoms with Crippen LogP contribution in [0.1, 0.15) is 46.0 Å². The van der Waals surface area contributed by atoms with Gasteiger partial charge in [-0.15, -0.1) is 0 Å². The zero-order chi connectivity index (χ0) is 11.1. The molecule has 0 amide bonds. The zero-order valence-corrected chi connectivity index (χ0v) is 10.2. The third kappa shape index (κ3) is 4.09. The van der Waals surface area contributed by atoms with Crippen molar-refractivity contribution < 1.29 is 4.74 Å². The van der Waals surface area contributed by atoms with Gasteiger partial charge in [0, 0.05) is 12.1 Å². The number of hydrogen-bond acceptors (Lipinski definition) is 3. The van der Waals surface area contributed by atoms with Crippen LogP contribution in [0, 0.1) is 0 Å². The highest BCUT2D eigenvalue weighted by atomic mass is 16.5. The van der Waals surface area contributed by atoms with Crippen molar-refractivity contribution in [3.63, 3.8) is 0 Å². The molecule has 15 heavy (non-hydrogen) atoms. The fraction of sp³-hybridized carbons (Fsp3) is 1.00. The second-order valence-electron chi connectivity index (χ2n) is 4.81. The van der Waals surface area contributed by atoms with Gasteiger partial charge in [-0.1, -0.05) is 12.8 Å². The summed E-state index contributed by atoms with van der Waals surface area (Å²) in [5.41, 5.74) is 5.65. The summed E-state index contributed by atoms with van der Waals surface area (Å²) in [6.45, 7) is 7.27. The highest BCUT2D eigenvalue weighted by Gasteiger charge is 2.35. The van der Waals surface area contributed by atoms with Crippen molar-refractivity contribution in [2.45, 2.75) is 57.6 Å². The van der Waals surface area contributed by atoms with Gasteiger partial charge in [0.15, 0.2) is 0 Å². The predicted octanol–water partition coefficient (Wildman–Crippen LogP) is 1.66. The van der Waals surface area contributed by atoms with Crippen molar-refractivity contribution in [1.29, 1.82) is 0 Å². The molecule has 2 atom stereocenters. The Morgan fingerprint density at radius 1 is 1.33 bits per heavy atom. The molecule has 0 radical (unpaired) electrons. The minimum absolute atomic E-state index is 0.202. The van der Waals surface area contributed by atoms with Crippen molar-refractivity contribution in [1.82, 2.24) is 5.32 Å². The first-order valence-corrected chi connectivity index (χ1v) is 6.26.